The number of piperazine rings is 1. The minimum Gasteiger partial charge on any atom is -0.475 e. The fourth-order valence-electron chi connectivity index (χ4n) is 3.61. The third-order valence-corrected chi connectivity index (χ3v) is 8.20. The van der Waals surface area contributed by atoms with Crippen molar-refractivity contribution >= 4 is 61.6 Å². The molecule has 0 saturated carbocycles. The van der Waals surface area contributed by atoms with Crippen LogP contribution in [0.5, 0.6) is 11.5 Å². The van der Waals surface area contributed by atoms with Gasteiger partial charge in [-0.25, -0.2) is 27.6 Å². The van der Waals surface area contributed by atoms with E-state index in [2.05, 4.69) is 35.1 Å². The fraction of sp³-hybridized carbons (Fsp3) is 0.208. The topological polar surface area (TPSA) is 160 Å². The number of halogens is 6. The lowest BCUT2D eigenvalue weighted by Crippen LogP contribution is -2.44. The zero-order valence-electron chi connectivity index (χ0n) is 21.8. The zero-order valence-corrected chi connectivity index (χ0v) is 25.0. The molecule has 20 heteroatoms. The highest BCUT2D eigenvalue weighted by Gasteiger charge is 2.38. The number of carbonyl (C=O) groups is 1. The van der Waals surface area contributed by atoms with Crippen LogP contribution in [0.2, 0.25) is 10.0 Å². The van der Waals surface area contributed by atoms with E-state index in [4.69, 9.17) is 37.8 Å². The number of aromatic nitrogens is 4. The molecule has 44 heavy (non-hydrogen) atoms. The maximum atomic E-state index is 15.0. The van der Waals surface area contributed by atoms with Gasteiger partial charge >= 0.3 is 12.1 Å². The van der Waals surface area contributed by atoms with E-state index < -0.39 is 32.9 Å². The van der Waals surface area contributed by atoms with E-state index >= 15 is 0 Å². The van der Waals surface area contributed by atoms with Gasteiger partial charge in [0.15, 0.2) is 0 Å². The molecule has 4 aromatic rings. The summed E-state index contributed by atoms with van der Waals surface area (Å²) >= 11 is 13.5. The largest absolute Gasteiger partial charge is 0.490 e. The Hall–Kier alpha value is -3.84. The molecule has 3 N–H and O–H groups in total. The lowest BCUT2D eigenvalue weighted by molar-refractivity contribution is -0.192. The number of alkyl halides is 3. The Bertz CT molecular complexity index is 1740. The number of hydrogen-bond donors (Lipinski definition) is 3. The average molecular weight is 696 g/mol. The van der Waals surface area contributed by atoms with Crippen LogP contribution >= 0.6 is 34.5 Å². The molecule has 0 atom stereocenters. The number of benzene rings is 2. The molecule has 12 nitrogen and oxygen atoms in total. The second-order valence-corrected chi connectivity index (χ2v) is 11.9. The highest BCUT2D eigenvalue weighted by molar-refractivity contribution is 7.93. The zero-order chi connectivity index (χ0) is 32.1. The van der Waals surface area contributed by atoms with Crippen LogP contribution in [0.25, 0.3) is 11.3 Å². The first-order valence-electron chi connectivity index (χ1n) is 12.1. The Labute approximate surface area is 260 Å². The van der Waals surface area contributed by atoms with Crippen molar-refractivity contribution in [1.82, 2.24) is 25.5 Å². The lowest BCUT2D eigenvalue weighted by Gasteiger charge is -2.27. The number of ether oxygens (including phenoxy) is 1. The normalized spacial score (nSPS) is 13.5. The summed E-state index contributed by atoms with van der Waals surface area (Å²) in [6.07, 6.45) is -3.44. The number of anilines is 2. The minimum absolute atomic E-state index is 0.00769. The van der Waals surface area contributed by atoms with Gasteiger partial charge in [-0.15, -0.1) is 10.2 Å². The Morgan fingerprint density at radius 2 is 1.82 bits per heavy atom. The van der Waals surface area contributed by atoms with Gasteiger partial charge in [-0.05, 0) is 30.3 Å². The quantitative estimate of drug-likeness (QED) is 0.221. The third-order valence-electron chi connectivity index (χ3n) is 5.58. The first-order chi connectivity index (χ1) is 20.7. The molecule has 2 aromatic heterocycles. The molecule has 0 bridgehead atoms. The summed E-state index contributed by atoms with van der Waals surface area (Å²) in [4.78, 5) is 19.4. The van der Waals surface area contributed by atoms with E-state index in [9.17, 15) is 26.0 Å². The van der Waals surface area contributed by atoms with Crippen molar-refractivity contribution in [3.63, 3.8) is 0 Å². The molecule has 0 unspecified atom stereocenters. The van der Waals surface area contributed by atoms with Crippen molar-refractivity contribution in [3.05, 3.63) is 64.0 Å². The first-order valence-corrected chi connectivity index (χ1v) is 15.2. The Morgan fingerprint density at radius 3 is 2.45 bits per heavy atom. The average Bonchev–Trinajstić information content (AvgIpc) is 3.48. The van der Waals surface area contributed by atoms with Gasteiger partial charge < -0.3 is 20.1 Å². The summed E-state index contributed by atoms with van der Waals surface area (Å²) in [5.74, 6) is -3.05. The standard InChI is InChI=1S/C22H18Cl2FN7O3S2.C2HF3O2/c23-13-1-2-18(14(9-13)17-3-4-27-21(29-17)32-7-5-26-6-8-32)35-19-11-16(25)20(10-15(19)24)37(33,34)31-22-30-28-12-36-22;3-2(4,5)1(6)7/h1-4,9-12,26H,5-8H2,(H,30,31);(H,6,7). The number of aliphatic carboxylic acids is 1. The van der Waals surface area contributed by atoms with Gasteiger partial charge in [0.2, 0.25) is 11.1 Å². The van der Waals surface area contributed by atoms with Crippen molar-refractivity contribution in [2.24, 2.45) is 0 Å². The second-order valence-electron chi connectivity index (χ2n) is 8.59. The Balaban J connectivity index is 0.000000566. The van der Waals surface area contributed by atoms with E-state index in [0.29, 0.717) is 28.0 Å². The number of carboxylic acid groups (broad SMARTS) is 1. The summed E-state index contributed by atoms with van der Waals surface area (Å²) in [5, 5.41) is 17.9. The molecular weight excluding hydrogens is 677 g/mol. The number of carboxylic acids is 1. The molecule has 0 spiro atoms. The van der Waals surface area contributed by atoms with Gasteiger partial charge in [0.25, 0.3) is 10.0 Å². The summed E-state index contributed by atoms with van der Waals surface area (Å²) in [7, 11) is -4.30. The van der Waals surface area contributed by atoms with Crippen LogP contribution in [0.15, 0.2) is 53.0 Å². The molecule has 2 aromatic carbocycles. The van der Waals surface area contributed by atoms with Crippen LogP contribution in [-0.4, -0.2) is 72.0 Å². The number of nitrogens with zero attached hydrogens (tertiary/aromatic N) is 5. The molecular formula is C24H19Cl2F4N7O5S2. The predicted octanol–water partition coefficient (Wildman–Crippen LogP) is 5.08. The van der Waals surface area contributed by atoms with E-state index in [1.165, 1.54) is 5.51 Å². The van der Waals surface area contributed by atoms with Crippen LogP contribution in [0.1, 0.15) is 0 Å². The lowest BCUT2D eigenvalue weighted by atomic mass is 10.1. The summed E-state index contributed by atoms with van der Waals surface area (Å²) < 4.78 is 80.1. The molecule has 1 fully saturated rings. The summed E-state index contributed by atoms with van der Waals surface area (Å²) in [6, 6.07) is 8.45. The summed E-state index contributed by atoms with van der Waals surface area (Å²) in [5.41, 5.74) is 2.40. The fourth-order valence-corrected chi connectivity index (χ4v) is 5.83. The summed E-state index contributed by atoms with van der Waals surface area (Å²) in [6.45, 7) is 3.18. The van der Waals surface area contributed by atoms with Crippen molar-refractivity contribution in [2.75, 3.05) is 35.8 Å². The maximum Gasteiger partial charge on any atom is 0.490 e. The highest BCUT2D eigenvalue weighted by Crippen LogP contribution is 2.39. The second kappa shape index (κ2) is 13.9. The molecule has 0 radical (unpaired) electrons. The van der Waals surface area contributed by atoms with Gasteiger partial charge in [-0.2, -0.15) is 13.2 Å². The number of rotatable bonds is 7. The van der Waals surface area contributed by atoms with Crippen molar-refractivity contribution in [2.45, 2.75) is 11.1 Å². The third kappa shape index (κ3) is 8.41. The van der Waals surface area contributed by atoms with Gasteiger partial charge in [0.05, 0.1) is 10.7 Å². The molecule has 0 aliphatic carbocycles. The molecule has 5 rings (SSSR count). The van der Waals surface area contributed by atoms with Crippen LogP contribution in [-0.2, 0) is 14.8 Å². The van der Waals surface area contributed by atoms with Gasteiger partial charge in [-0.1, -0.05) is 34.5 Å². The van der Waals surface area contributed by atoms with Crippen molar-refractivity contribution in [1.29, 1.82) is 0 Å². The highest BCUT2D eigenvalue weighted by atomic mass is 35.5. The van der Waals surface area contributed by atoms with Crippen LogP contribution < -0.4 is 19.7 Å². The Morgan fingerprint density at radius 1 is 1.11 bits per heavy atom. The first kappa shape index (κ1) is 33.1. The van der Waals surface area contributed by atoms with Crippen molar-refractivity contribution in [3.8, 4) is 22.8 Å². The molecule has 234 valence electrons. The van der Waals surface area contributed by atoms with Gasteiger partial charge in [-0.3, -0.25) is 4.72 Å². The van der Waals surface area contributed by atoms with Crippen LogP contribution in [0.3, 0.4) is 0 Å². The maximum absolute atomic E-state index is 15.0. The van der Waals surface area contributed by atoms with E-state index in [-0.39, 0.29) is 15.9 Å². The smallest absolute Gasteiger partial charge is 0.475 e. The van der Waals surface area contributed by atoms with Gasteiger partial charge in [0.1, 0.15) is 27.7 Å². The molecule has 0 amide bonds. The molecule has 3 heterocycles. The number of sulfonamides is 1. The van der Waals surface area contributed by atoms with Crippen LogP contribution in [0, 0.1) is 5.82 Å². The van der Waals surface area contributed by atoms with Crippen LogP contribution in [0.4, 0.5) is 28.6 Å². The number of hydrogen-bond acceptors (Lipinski definition) is 11. The van der Waals surface area contributed by atoms with E-state index in [1.807, 2.05) is 0 Å². The van der Waals surface area contributed by atoms with E-state index in [1.54, 1.807) is 30.5 Å². The number of nitrogens with one attached hydrogen (secondary N) is 2. The molecule has 1 aliphatic rings. The minimum atomic E-state index is -5.08. The monoisotopic (exact) mass is 695 g/mol. The Kier molecular flexibility index (Phi) is 10.4. The van der Waals surface area contributed by atoms with Crippen molar-refractivity contribution < 1.29 is 40.6 Å². The molecule has 1 saturated heterocycles. The predicted molar refractivity (Wildman–Crippen MR) is 153 cm³/mol. The molecule has 1 aliphatic heterocycles. The SMILES string of the molecule is O=C(O)C(F)(F)F.O=S(=O)(Nc1nncs1)c1cc(Cl)c(Oc2ccc(Cl)cc2-c2ccnc(N3CCNCC3)n2)cc1F. The van der Waals surface area contributed by atoms with E-state index in [0.717, 1.165) is 49.6 Å². The van der Waals surface area contributed by atoms with Gasteiger partial charge in [0, 0.05) is 49.0 Å².